The van der Waals surface area contributed by atoms with Crippen LogP contribution in [0, 0.1) is 0 Å². The fraction of sp³-hybridized carbons (Fsp3) is 0.700. The highest BCUT2D eigenvalue weighted by Crippen LogP contribution is 2.30. The third-order valence-corrected chi connectivity index (χ3v) is 3.37. The molecule has 2 aromatic rings. The number of hydrogen-bond acceptors (Lipinski definition) is 7. The largest absolute Gasteiger partial charge is 0.323 e. The summed E-state index contributed by atoms with van der Waals surface area (Å²) in [5.74, 6) is 0.637. The number of rotatable bonds is 3. The first-order valence-corrected chi connectivity index (χ1v) is 6.46. The molecule has 0 spiro atoms. The molecule has 0 aromatic carbocycles. The van der Waals surface area contributed by atoms with Gasteiger partial charge in [-0.05, 0) is 16.7 Å². The van der Waals surface area contributed by atoms with Gasteiger partial charge in [-0.25, -0.2) is 0 Å². The van der Waals surface area contributed by atoms with Crippen LogP contribution in [0.15, 0.2) is 0 Å². The van der Waals surface area contributed by atoms with Gasteiger partial charge < -0.3 is 5.73 Å². The highest BCUT2D eigenvalue weighted by Gasteiger charge is 2.26. The first-order valence-electron chi connectivity index (χ1n) is 5.69. The average Bonchev–Trinajstić information content (AvgIpc) is 2.85. The number of nitrogens with zero attached hydrogens (tertiary/aromatic N) is 6. The van der Waals surface area contributed by atoms with Crippen LogP contribution in [0.1, 0.15) is 43.2 Å². The molecule has 0 saturated carbocycles. The van der Waals surface area contributed by atoms with Crippen molar-refractivity contribution in [2.24, 2.45) is 12.8 Å². The van der Waals surface area contributed by atoms with Crippen molar-refractivity contribution in [3.05, 3.63) is 16.4 Å². The van der Waals surface area contributed by atoms with Crippen LogP contribution in [0.4, 0.5) is 0 Å². The van der Waals surface area contributed by atoms with Gasteiger partial charge in [-0.3, -0.25) is 0 Å². The number of aromatic nitrogens is 6. The van der Waals surface area contributed by atoms with Crippen LogP contribution in [0.25, 0.3) is 0 Å². The number of tetrazole rings is 1. The quantitative estimate of drug-likeness (QED) is 0.875. The van der Waals surface area contributed by atoms with Gasteiger partial charge in [0.2, 0.25) is 0 Å². The van der Waals surface area contributed by atoms with Gasteiger partial charge in [0.15, 0.2) is 5.82 Å². The Morgan fingerprint density at radius 1 is 1.33 bits per heavy atom. The van der Waals surface area contributed by atoms with Gasteiger partial charge in [-0.15, -0.1) is 15.3 Å². The summed E-state index contributed by atoms with van der Waals surface area (Å²) in [4.78, 5) is 2.42. The molecule has 0 saturated heterocycles. The lowest BCUT2D eigenvalue weighted by atomic mass is 9.89. The zero-order chi connectivity index (χ0) is 13.3. The molecule has 1 unspecified atom stereocenters. The van der Waals surface area contributed by atoms with Gasteiger partial charge in [0.25, 0.3) is 0 Å². The summed E-state index contributed by atoms with van der Waals surface area (Å²) < 4.78 is 4.01. The predicted octanol–water partition coefficient (Wildman–Crippen LogP) is 0.602. The maximum absolute atomic E-state index is 6.19. The van der Waals surface area contributed by atoms with Crippen LogP contribution in [-0.2, 0) is 18.9 Å². The summed E-state index contributed by atoms with van der Waals surface area (Å²) in [5, 5.41) is 16.1. The number of nitrogens with two attached hydrogens (primary N) is 1. The maximum atomic E-state index is 6.19. The standard InChI is InChI=1S/C10H17N7S/c1-10(2,3)9-8(18-16-13-9)6(11)5-7-12-15-17(4)14-7/h6H,5,11H2,1-4H3. The van der Waals surface area contributed by atoms with E-state index in [2.05, 4.69) is 45.8 Å². The molecular formula is C10H17N7S. The molecule has 0 fully saturated rings. The lowest BCUT2D eigenvalue weighted by Crippen LogP contribution is -2.20. The second kappa shape index (κ2) is 4.69. The summed E-state index contributed by atoms with van der Waals surface area (Å²) in [6, 6.07) is -0.191. The molecule has 2 rings (SSSR count). The van der Waals surface area contributed by atoms with E-state index in [9.17, 15) is 0 Å². The molecule has 7 nitrogen and oxygen atoms in total. The van der Waals surface area contributed by atoms with Crippen molar-refractivity contribution in [1.29, 1.82) is 0 Å². The third kappa shape index (κ3) is 2.70. The van der Waals surface area contributed by atoms with E-state index in [1.165, 1.54) is 16.3 Å². The minimum absolute atomic E-state index is 0.0598. The van der Waals surface area contributed by atoms with Crippen LogP contribution in [0.5, 0.6) is 0 Å². The minimum Gasteiger partial charge on any atom is -0.323 e. The Morgan fingerprint density at radius 3 is 2.61 bits per heavy atom. The lowest BCUT2D eigenvalue weighted by molar-refractivity contribution is 0.548. The molecule has 2 N–H and O–H groups in total. The molecule has 0 amide bonds. The van der Waals surface area contributed by atoms with E-state index in [1.54, 1.807) is 7.05 Å². The first-order chi connectivity index (χ1) is 8.38. The Kier molecular flexibility index (Phi) is 3.40. The second-order valence-corrected chi connectivity index (χ2v) is 6.03. The fourth-order valence-electron chi connectivity index (χ4n) is 1.66. The van der Waals surface area contributed by atoms with Crippen molar-refractivity contribution in [3.63, 3.8) is 0 Å². The van der Waals surface area contributed by atoms with E-state index in [1.807, 2.05) is 0 Å². The van der Waals surface area contributed by atoms with Crippen molar-refractivity contribution in [2.45, 2.75) is 38.6 Å². The van der Waals surface area contributed by atoms with E-state index < -0.39 is 0 Å². The van der Waals surface area contributed by atoms with E-state index in [-0.39, 0.29) is 11.5 Å². The summed E-state index contributed by atoms with van der Waals surface area (Å²) in [6.45, 7) is 6.29. The van der Waals surface area contributed by atoms with Crippen molar-refractivity contribution >= 4 is 11.5 Å². The van der Waals surface area contributed by atoms with Gasteiger partial charge in [-0.2, -0.15) is 4.80 Å². The average molecular weight is 267 g/mol. The van der Waals surface area contributed by atoms with E-state index in [0.717, 1.165) is 10.6 Å². The van der Waals surface area contributed by atoms with Gasteiger partial charge in [0.05, 0.1) is 17.6 Å². The van der Waals surface area contributed by atoms with Crippen LogP contribution < -0.4 is 5.73 Å². The van der Waals surface area contributed by atoms with Crippen molar-refractivity contribution in [1.82, 2.24) is 29.8 Å². The Balaban J connectivity index is 2.19. The molecule has 0 aliphatic rings. The van der Waals surface area contributed by atoms with Crippen molar-refractivity contribution in [3.8, 4) is 0 Å². The molecule has 0 radical (unpaired) electrons. The molecule has 0 bridgehead atoms. The summed E-state index contributed by atoms with van der Waals surface area (Å²) in [5.41, 5.74) is 7.08. The number of aryl methyl sites for hydroxylation is 1. The Hall–Kier alpha value is -1.41. The first kappa shape index (κ1) is 13.0. The van der Waals surface area contributed by atoms with E-state index in [0.29, 0.717) is 12.2 Å². The Morgan fingerprint density at radius 2 is 2.06 bits per heavy atom. The molecule has 2 heterocycles. The van der Waals surface area contributed by atoms with Crippen molar-refractivity contribution < 1.29 is 0 Å². The molecular weight excluding hydrogens is 250 g/mol. The predicted molar refractivity (Wildman–Crippen MR) is 68.0 cm³/mol. The normalized spacial score (nSPS) is 13.8. The number of hydrogen-bond donors (Lipinski definition) is 1. The Labute approximate surface area is 110 Å². The van der Waals surface area contributed by atoms with Gasteiger partial charge in [0.1, 0.15) is 0 Å². The zero-order valence-corrected chi connectivity index (χ0v) is 11.8. The Bertz CT molecular complexity index is 524. The SMILES string of the molecule is Cn1nnc(CC(N)c2snnc2C(C)(C)C)n1. The second-order valence-electron chi connectivity index (χ2n) is 5.24. The summed E-state index contributed by atoms with van der Waals surface area (Å²) in [6.07, 6.45) is 0.542. The minimum atomic E-state index is -0.191. The molecule has 98 valence electrons. The van der Waals surface area contributed by atoms with Gasteiger partial charge >= 0.3 is 0 Å². The van der Waals surface area contributed by atoms with Gasteiger partial charge in [-0.1, -0.05) is 25.3 Å². The summed E-state index contributed by atoms with van der Waals surface area (Å²) >= 11 is 1.34. The fourth-order valence-corrected chi connectivity index (χ4v) is 2.52. The monoisotopic (exact) mass is 267 g/mol. The molecule has 2 aromatic heterocycles. The highest BCUT2D eigenvalue weighted by molar-refractivity contribution is 7.05. The van der Waals surface area contributed by atoms with Crippen LogP contribution in [0.3, 0.4) is 0 Å². The molecule has 18 heavy (non-hydrogen) atoms. The molecule has 0 aliphatic heterocycles. The molecule has 0 aliphatic carbocycles. The van der Waals surface area contributed by atoms with Crippen LogP contribution in [-0.4, -0.2) is 29.8 Å². The molecule has 8 heteroatoms. The zero-order valence-electron chi connectivity index (χ0n) is 11.0. The summed E-state index contributed by atoms with van der Waals surface area (Å²) in [7, 11) is 1.73. The van der Waals surface area contributed by atoms with Crippen LogP contribution in [0.2, 0.25) is 0 Å². The molecule has 1 atom stereocenters. The topological polar surface area (TPSA) is 95.4 Å². The van der Waals surface area contributed by atoms with Crippen LogP contribution >= 0.6 is 11.5 Å². The van der Waals surface area contributed by atoms with Crippen molar-refractivity contribution in [2.75, 3.05) is 0 Å². The lowest BCUT2D eigenvalue weighted by Gasteiger charge is -2.18. The smallest absolute Gasteiger partial charge is 0.176 e. The van der Waals surface area contributed by atoms with E-state index in [4.69, 9.17) is 5.73 Å². The third-order valence-electron chi connectivity index (χ3n) is 2.51. The van der Waals surface area contributed by atoms with E-state index >= 15 is 0 Å². The maximum Gasteiger partial charge on any atom is 0.176 e. The van der Waals surface area contributed by atoms with Gasteiger partial charge in [0, 0.05) is 17.9 Å². The highest BCUT2D eigenvalue weighted by atomic mass is 32.1.